The number of hydrogen-bond donors (Lipinski definition) is 1. The molecule has 0 aromatic heterocycles. The van der Waals surface area contributed by atoms with E-state index in [1.807, 2.05) is 36.2 Å². The van der Waals surface area contributed by atoms with Crippen molar-refractivity contribution in [2.45, 2.75) is 18.5 Å². The van der Waals surface area contributed by atoms with Gasteiger partial charge in [0.2, 0.25) is 0 Å². The van der Waals surface area contributed by atoms with Gasteiger partial charge < -0.3 is 19.6 Å². The summed E-state index contributed by atoms with van der Waals surface area (Å²) in [5.74, 6) is 0.292. The van der Waals surface area contributed by atoms with Crippen molar-refractivity contribution in [3.63, 3.8) is 0 Å². The minimum Gasteiger partial charge on any atom is -0.497 e. The molecule has 5 rings (SSSR count). The first-order valence-electron chi connectivity index (χ1n) is 11.2. The zero-order valence-electron chi connectivity index (χ0n) is 18.7. The van der Waals surface area contributed by atoms with Gasteiger partial charge in [-0.2, -0.15) is 0 Å². The van der Waals surface area contributed by atoms with Gasteiger partial charge >= 0.3 is 0 Å². The maximum atomic E-state index is 13.8. The van der Waals surface area contributed by atoms with Crippen LogP contribution in [-0.2, 0) is 0 Å². The number of rotatable bonds is 4. The topological polar surface area (TPSA) is 53.0 Å². The van der Waals surface area contributed by atoms with Gasteiger partial charge in [-0.1, -0.05) is 24.3 Å². The van der Waals surface area contributed by atoms with Crippen LogP contribution < -0.4 is 9.64 Å². The predicted octanol–water partition coefficient (Wildman–Crippen LogP) is 4.52. The lowest BCUT2D eigenvalue weighted by Crippen LogP contribution is -2.48. The van der Waals surface area contributed by atoms with Crippen LogP contribution in [0.15, 0.2) is 66.7 Å². The molecule has 0 aliphatic carbocycles. The minimum atomic E-state index is -0.421. The van der Waals surface area contributed by atoms with Crippen LogP contribution in [0.1, 0.15) is 28.4 Å². The molecule has 2 heterocycles. The monoisotopic (exact) mass is 446 g/mol. The molecule has 2 aliphatic rings. The Kier molecular flexibility index (Phi) is 5.54. The fourth-order valence-electron chi connectivity index (χ4n) is 5.43. The Labute approximate surface area is 193 Å². The molecule has 1 saturated heterocycles. The fourth-order valence-corrected chi connectivity index (χ4v) is 5.43. The zero-order chi connectivity index (χ0) is 23.1. The highest BCUT2D eigenvalue weighted by Crippen LogP contribution is 2.49. The number of aliphatic hydroxyl groups excluding tert-OH is 1. The SMILES string of the molecule is COc1ccc(-c2ccc3c(c2)[C@H]2[C@H](CCN2C(=O)c2cccc(F)c2)[C@H](CO)N3C)cc1. The Hall–Kier alpha value is -3.38. The number of likely N-dealkylation sites (tertiary alicyclic amines) is 1. The van der Waals surface area contributed by atoms with Gasteiger partial charge in [-0.05, 0) is 65.6 Å². The summed E-state index contributed by atoms with van der Waals surface area (Å²) in [6.07, 6.45) is 0.785. The Bertz CT molecular complexity index is 1180. The summed E-state index contributed by atoms with van der Waals surface area (Å²) in [7, 11) is 3.64. The third-order valence-corrected chi connectivity index (χ3v) is 7.11. The highest BCUT2D eigenvalue weighted by Gasteiger charge is 2.47. The molecule has 0 bridgehead atoms. The van der Waals surface area contributed by atoms with Crippen molar-refractivity contribution in [2.24, 2.45) is 5.92 Å². The summed E-state index contributed by atoms with van der Waals surface area (Å²) in [6.45, 7) is 0.584. The van der Waals surface area contributed by atoms with Gasteiger partial charge in [0.1, 0.15) is 11.6 Å². The number of amides is 1. The molecule has 6 heteroatoms. The van der Waals surface area contributed by atoms with E-state index < -0.39 is 5.82 Å². The van der Waals surface area contributed by atoms with E-state index in [1.165, 1.54) is 12.1 Å². The van der Waals surface area contributed by atoms with Crippen molar-refractivity contribution >= 4 is 11.6 Å². The number of carbonyl (C=O) groups excluding carboxylic acids is 1. The maximum absolute atomic E-state index is 13.8. The number of nitrogens with zero attached hydrogens (tertiary/aromatic N) is 2. The number of benzene rings is 3. The molecule has 3 atom stereocenters. The largest absolute Gasteiger partial charge is 0.497 e. The van der Waals surface area contributed by atoms with Crippen LogP contribution >= 0.6 is 0 Å². The van der Waals surface area contributed by atoms with E-state index in [0.29, 0.717) is 12.1 Å². The first kappa shape index (κ1) is 21.5. The molecule has 1 amide bonds. The van der Waals surface area contributed by atoms with Gasteiger partial charge in [-0.15, -0.1) is 0 Å². The fraction of sp³-hybridized carbons (Fsp3) is 0.296. The molecule has 0 radical (unpaired) electrons. The molecule has 33 heavy (non-hydrogen) atoms. The lowest BCUT2D eigenvalue weighted by atomic mass is 9.81. The quantitative estimate of drug-likeness (QED) is 0.641. The van der Waals surface area contributed by atoms with Gasteiger partial charge in [0.25, 0.3) is 5.91 Å². The van der Waals surface area contributed by atoms with Crippen LogP contribution in [0.2, 0.25) is 0 Å². The molecular formula is C27H27FN2O3. The average molecular weight is 447 g/mol. The number of methoxy groups -OCH3 is 1. The Morgan fingerprint density at radius 3 is 2.55 bits per heavy atom. The van der Waals surface area contributed by atoms with E-state index in [4.69, 9.17) is 4.74 Å². The normalized spacial score (nSPS) is 21.5. The van der Waals surface area contributed by atoms with Gasteiger partial charge in [0.05, 0.1) is 25.8 Å². The van der Waals surface area contributed by atoms with Crippen LogP contribution in [-0.4, -0.2) is 49.3 Å². The number of anilines is 1. The highest BCUT2D eigenvalue weighted by atomic mass is 19.1. The predicted molar refractivity (Wildman–Crippen MR) is 126 cm³/mol. The van der Waals surface area contributed by atoms with Gasteiger partial charge in [0, 0.05) is 30.8 Å². The number of fused-ring (bicyclic) bond motifs is 3. The second kappa shape index (κ2) is 8.52. The van der Waals surface area contributed by atoms with Crippen LogP contribution in [0.3, 0.4) is 0 Å². The van der Waals surface area contributed by atoms with E-state index >= 15 is 0 Å². The third kappa shape index (κ3) is 3.64. The van der Waals surface area contributed by atoms with Crippen LogP contribution in [0.5, 0.6) is 5.75 Å². The Morgan fingerprint density at radius 1 is 1.09 bits per heavy atom. The summed E-state index contributed by atoms with van der Waals surface area (Å²) >= 11 is 0. The first-order valence-corrected chi connectivity index (χ1v) is 11.2. The molecular weight excluding hydrogens is 419 g/mol. The average Bonchev–Trinajstić information content (AvgIpc) is 3.29. The molecule has 2 aliphatic heterocycles. The number of carbonyl (C=O) groups is 1. The van der Waals surface area contributed by atoms with E-state index in [0.717, 1.165) is 34.5 Å². The summed E-state index contributed by atoms with van der Waals surface area (Å²) in [6, 6.07) is 19.8. The summed E-state index contributed by atoms with van der Waals surface area (Å²) in [5, 5.41) is 10.2. The molecule has 5 nitrogen and oxygen atoms in total. The van der Waals surface area contributed by atoms with E-state index in [9.17, 15) is 14.3 Å². The van der Waals surface area contributed by atoms with Crippen molar-refractivity contribution in [1.29, 1.82) is 0 Å². The standard InChI is InChI=1S/C27H27FN2O3/c1-29-24-11-8-18(17-6-9-21(33-2)10-7-17)15-23(24)26-22(25(29)16-31)12-13-30(26)27(32)19-4-3-5-20(28)14-19/h3-11,14-15,22,25-26,31H,12-13,16H2,1-2H3/t22-,25+,26-/m1/s1. The number of likely N-dealkylation sites (N-methyl/N-ethyl adjacent to an activating group) is 1. The molecule has 1 N–H and O–H groups in total. The molecule has 1 fully saturated rings. The number of halogens is 1. The highest BCUT2D eigenvalue weighted by molar-refractivity contribution is 5.95. The van der Waals surface area contributed by atoms with Gasteiger partial charge in [0.15, 0.2) is 0 Å². The first-order chi connectivity index (χ1) is 16.0. The number of ether oxygens (including phenoxy) is 1. The minimum absolute atomic E-state index is 0.0132. The zero-order valence-corrected chi connectivity index (χ0v) is 18.7. The molecule has 0 unspecified atom stereocenters. The number of hydrogen-bond acceptors (Lipinski definition) is 4. The molecule has 3 aromatic rings. The summed E-state index contributed by atoms with van der Waals surface area (Å²) in [4.78, 5) is 17.4. The van der Waals surface area contributed by atoms with Gasteiger partial charge in [-0.3, -0.25) is 4.79 Å². The molecule has 0 spiro atoms. The second-order valence-corrected chi connectivity index (χ2v) is 8.77. The second-order valence-electron chi connectivity index (χ2n) is 8.77. The van der Waals surface area contributed by atoms with Crippen LogP contribution in [0.25, 0.3) is 11.1 Å². The van der Waals surface area contributed by atoms with Gasteiger partial charge in [-0.25, -0.2) is 4.39 Å². The smallest absolute Gasteiger partial charge is 0.254 e. The molecule has 0 saturated carbocycles. The van der Waals surface area contributed by atoms with E-state index in [1.54, 1.807) is 19.2 Å². The Balaban J connectivity index is 1.58. The lowest BCUT2D eigenvalue weighted by Gasteiger charge is -2.44. The Morgan fingerprint density at radius 2 is 1.85 bits per heavy atom. The van der Waals surface area contributed by atoms with Crippen LogP contribution in [0.4, 0.5) is 10.1 Å². The van der Waals surface area contributed by atoms with E-state index in [-0.39, 0.29) is 30.5 Å². The molecule has 170 valence electrons. The van der Waals surface area contributed by atoms with Crippen molar-refractivity contribution in [3.05, 3.63) is 83.7 Å². The summed E-state index contributed by atoms with van der Waals surface area (Å²) < 4.78 is 19.1. The van der Waals surface area contributed by atoms with Crippen molar-refractivity contribution in [1.82, 2.24) is 4.90 Å². The van der Waals surface area contributed by atoms with Crippen LogP contribution in [0, 0.1) is 11.7 Å². The lowest BCUT2D eigenvalue weighted by molar-refractivity contribution is 0.0693. The van der Waals surface area contributed by atoms with Crippen molar-refractivity contribution in [3.8, 4) is 16.9 Å². The number of aliphatic hydroxyl groups is 1. The summed E-state index contributed by atoms with van der Waals surface area (Å²) in [5.41, 5.74) is 4.52. The maximum Gasteiger partial charge on any atom is 0.254 e. The van der Waals surface area contributed by atoms with Crippen molar-refractivity contribution < 1.29 is 19.0 Å². The molecule has 3 aromatic carbocycles. The third-order valence-electron chi connectivity index (χ3n) is 7.11. The van der Waals surface area contributed by atoms with Crippen molar-refractivity contribution in [2.75, 3.05) is 32.2 Å². The van der Waals surface area contributed by atoms with E-state index in [2.05, 4.69) is 23.1 Å².